The van der Waals surface area contributed by atoms with Gasteiger partial charge < -0.3 is 9.64 Å². The molecule has 0 spiro atoms. The molecule has 8 heteroatoms. The molecule has 7 nitrogen and oxygen atoms in total. The highest BCUT2D eigenvalue weighted by Gasteiger charge is 2.34. The first-order valence-corrected chi connectivity index (χ1v) is 12.2. The van der Waals surface area contributed by atoms with Crippen LogP contribution in [0.3, 0.4) is 0 Å². The van der Waals surface area contributed by atoms with Crippen LogP contribution >= 0.6 is 0 Å². The number of rotatable bonds is 8. The summed E-state index contributed by atoms with van der Waals surface area (Å²) < 4.78 is 18.9. The van der Waals surface area contributed by atoms with Crippen molar-refractivity contribution >= 4 is 17.5 Å². The maximum atomic E-state index is 13.6. The number of hydrogen-bond donors (Lipinski definition) is 0. The summed E-state index contributed by atoms with van der Waals surface area (Å²) in [7, 11) is 0. The van der Waals surface area contributed by atoms with Gasteiger partial charge in [-0.05, 0) is 23.3 Å². The Balaban J connectivity index is 1.54. The zero-order chi connectivity index (χ0) is 24.8. The Kier molecular flexibility index (Phi) is 8.25. The van der Waals surface area contributed by atoms with E-state index in [0.29, 0.717) is 32.7 Å². The van der Waals surface area contributed by atoms with Crippen molar-refractivity contribution < 1.29 is 18.7 Å². The quantitative estimate of drug-likeness (QED) is 0.582. The highest BCUT2D eigenvalue weighted by Crippen LogP contribution is 2.33. The van der Waals surface area contributed by atoms with E-state index in [1.807, 2.05) is 44.2 Å². The van der Waals surface area contributed by atoms with Crippen LogP contribution in [0.4, 0.5) is 4.39 Å². The zero-order valence-electron chi connectivity index (χ0n) is 20.4. The van der Waals surface area contributed by atoms with E-state index in [2.05, 4.69) is 10.0 Å². The van der Waals surface area contributed by atoms with Crippen molar-refractivity contribution in [2.75, 3.05) is 45.9 Å². The van der Waals surface area contributed by atoms with Crippen LogP contribution < -0.4 is 0 Å². The largest absolute Gasteiger partial charge is 0.379 e. The van der Waals surface area contributed by atoms with E-state index in [-0.39, 0.29) is 36.1 Å². The molecule has 0 aliphatic carbocycles. The average Bonchev–Trinajstić information content (AvgIpc) is 3.33. The molecule has 1 atom stereocenters. The molecule has 0 saturated carbocycles. The minimum absolute atomic E-state index is 0.0368. The number of hydrazone groups is 1. The second kappa shape index (κ2) is 11.6. The second-order valence-electron chi connectivity index (χ2n) is 9.29. The predicted octanol–water partition coefficient (Wildman–Crippen LogP) is 3.32. The van der Waals surface area contributed by atoms with Gasteiger partial charge in [-0.3, -0.25) is 14.5 Å². The monoisotopic (exact) mass is 480 g/mol. The van der Waals surface area contributed by atoms with Crippen LogP contribution in [-0.4, -0.2) is 78.3 Å². The first kappa shape index (κ1) is 25.0. The van der Waals surface area contributed by atoms with Gasteiger partial charge in [0.1, 0.15) is 12.4 Å². The Bertz CT molecular complexity index is 1040. The molecule has 0 unspecified atom stereocenters. The third-order valence-corrected chi connectivity index (χ3v) is 6.45. The maximum Gasteiger partial charge on any atom is 0.262 e. The summed E-state index contributed by atoms with van der Waals surface area (Å²) in [6, 6.07) is 15.6. The smallest absolute Gasteiger partial charge is 0.262 e. The molecule has 186 valence electrons. The van der Waals surface area contributed by atoms with E-state index in [1.54, 1.807) is 17.0 Å². The van der Waals surface area contributed by atoms with Gasteiger partial charge in [0.2, 0.25) is 5.91 Å². The summed E-state index contributed by atoms with van der Waals surface area (Å²) in [6.45, 7) is 7.85. The molecule has 35 heavy (non-hydrogen) atoms. The van der Waals surface area contributed by atoms with Crippen molar-refractivity contribution in [2.45, 2.75) is 26.3 Å². The van der Waals surface area contributed by atoms with Crippen LogP contribution in [0, 0.1) is 11.7 Å². The Morgan fingerprint density at radius 3 is 2.43 bits per heavy atom. The number of hydrogen-bond acceptors (Lipinski definition) is 5. The molecule has 0 N–H and O–H groups in total. The fourth-order valence-corrected chi connectivity index (χ4v) is 4.45. The predicted molar refractivity (Wildman–Crippen MR) is 132 cm³/mol. The Morgan fingerprint density at radius 2 is 1.77 bits per heavy atom. The molecule has 2 aliphatic rings. The lowest BCUT2D eigenvalue weighted by Crippen LogP contribution is -2.47. The standard InChI is InChI=1S/C27H33FN4O3/c1-20(2)27(34)31(13-12-30-14-16-35-17-15-30)19-26(33)32-25(22-6-4-3-5-7-22)18-24(29-32)21-8-10-23(28)11-9-21/h3-11,20,25H,12-19H2,1-2H3/t25-/m0/s1. The third-order valence-electron chi connectivity index (χ3n) is 6.45. The van der Waals surface area contributed by atoms with Crippen molar-refractivity contribution in [2.24, 2.45) is 11.0 Å². The van der Waals surface area contributed by atoms with Crippen molar-refractivity contribution in [3.05, 3.63) is 71.5 Å². The number of morpholine rings is 1. The van der Waals surface area contributed by atoms with Gasteiger partial charge in [0.15, 0.2) is 0 Å². The van der Waals surface area contributed by atoms with Crippen LogP contribution in [0.15, 0.2) is 59.7 Å². The minimum Gasteiger partial charge on any atom is -0.379 e. The SMILES string of the molecule is CC(C)C(=O)N(CCN1CCOCC1)CC(=O)N1N=C(c2ccc(F)cc2)C[C@H]1c1ccccc1. The summed E-state index contributed by atoms with van der Waals surface area (Å²) in [6.07, 6.45) is 0.521. The molecule has 1 saturated heterocycles. The molecule has 2 aromatic rings. The normalized spacial score (nSPS) is 18.6. The molecular formula is C27H33FN4O3. The van der Waals surface area contributed by atoms with Gasteiger partial charge in [-0.1, -0.05) is 56.3 Å². The van der Waals surface area contributed by atoms with Gasteiger partial charge in [-0.25, -0.2) is 9.40 Å². The van der Waals surface area contributed by atoms with E-state index in [4.69, 9.17) is 4.74 Å². The number of halogens is 1. The van der Waals surface area contributed by atoms with Crippen LogP contribution in [0.5, 0.6) is 0 Å². The molecule has 0 bridgehead atoms. The second-order valence-corrected chi connectivity index (χ2v) is 9.29. The van der Waals surface area contributed by atoms with Crippen molar-refractivity contribution in [3.63, 3.8) is 0 Å². The fraction of sp³-hybridized carbons (Fsp3) is 0.444. The summed E-state index contributed by atoms with van der Waals surface area (Å²) >= 11 is 0. The Hall–Kier alpha value is -3.10. The van der Waals surface area contributed by atoms with Gasteiger partial charge >= 0.3 is 0 Å². The lowest BCUT2D eigenvalue weighted by Gasteiger charge is -2.31. The zero-order valence-corrected chi connectivity index (χ0v) is 20.4. The summed E-state index contributed by atoms with van der Waals surface area (Å²) in [5.74, 6) is -0.811. The van der Waals surface area contributed by atoms with Crippen molar-refractivity contribution in [3.8, 4) is 0 Å². The summed E-state index contributed by atoms with van der Waals surface area (Å²) in [5, 5.41) is 6.17. The van der Waals surface area contributed by atoms with Crippen LogP contribution in [-0.2, 0) is 14.3 Å². The van der Waals surface area contributed by atoms with Gasteiger partial charge in [0, 0.05) is 38.5 Å². The van der Waals surface area contributed by atoms with Crippen LogP contribution in [0.2, 0.25) is 0 Å². The Labute approximate surface area is 206 Å². The molecule has 0 radical (unpaired) electrons. The fourth-order valence-electron chi connectivity index (χ4n) is 4.45. The highest BCUT2D eigenvalue weighted by atomic mass is 19.1. The maximum absolute atomic E-state index is 13.6. The lowest BCUT2D eigenvalue weighted by atomic mass is 9.98. The molecule has 2 aliphatic heterocycles. The number of nitrogens with zero attached hydrogens (tertiary/aromatic N) is 4. The average molecular weight is 481 g/mol. The van der Waals surface area contributed by atoms with Gasteiger partial charge in [-0.2, -0.15) is 5.10 Å². The van der Waals surface area contributed by atoms with E-state index < -0.39 is 0 Å². The number of carbonyl (C=O) groups is 2. The lowest BCUT2D eigenvalue weighted by molar-refractivity contribution is -0.143. The van der Waals surface area contributed by atoms with Crippen molar-refractivity contribution in [1.29, 1.82) is 0 Å². The molecule has 2 amide bonds. The topological polar surface area (TPSA) is 65.5 Å². The summed E-state index contributed by atoms with van der Waals surface area (Å²) in [4.78, 5) is 30.5. The molecular weight excluding hydrogens is 447 g/mol. The first-order valence-electron chi connectivity index (χ1n) is 12.2. The van der Waals surface area contributed by atoms with E-state index in [9.17, 15) is 14.0 Å². The van der Waals surface area contributed by atoms with E-state index in [1.165, 1.54) is 17.1 Å². The molecule has 1 fully saturated rings. The van der Waals surface area contributed by atoms with E-state index in [0.717, 1.165) is 29.9 Å². The van der Waals surface area contributed by atoms with E-state index >= 15 is 0 Å². The van der Waals surface area contributed by atoms with Gasteiger partial charge in [0.25, 0.3) is 5.91 Å². The third kappa shape index (κ3) is 6.32. The van der Waals surface area contributed by atoms with Crippen LogP contribution in [0.25, 0.3) is 0 Å². The minimum atomic E-state index is -0.317. The van der Waals surface area contributed by atoms with Crippen LogP contribution in [0.1, 0.15) is 37.4 Å². The number of benzene rings is 2. The number of carbonyl (C=O) groups excluding carboxylic acids is 2. The molecule has 2 aromatic carbocycles. The number of amides is 2. The number of ether oxygens (including phenoxy) is 1. The highest BCUT2D eigenvalue weighted by molar-refractivity contribution is 6.03. The van der Waals surface area contributed by atoms with Gasteiger partial charge in [0.05, 0.1) is 25.0 Å². The van der Waals surface area contributed by atoms with Gasteiger partial charge in [-0.15, -0.1) is 0 Å². The molecule has 4 rings (SSSR count). The molecule has 2 heterocycles. The van der Waals surface area contributed by atoms with Crippen molar-refractivity contribution in [1.82, 2.24) is 14.8 Å². The first-order chi connectivity index (χ1) is 16.9. The molecule has 0 aromatic heterocycles. The summed E-state index contributed by atoms with van der Waals surface area (Å²) in [5.41, 5.74) is 2.48. The Morgan fingerprint density at radius 1 is 1.09 bits per heavy atom.